The van der Waals surface area contributed by atoms with E-state index in [4.69, 9.17) is 37.0 Å². The van der Waals surface area contributed by atoms with Gasteiger partial charge in [0.1, 0.15) is 19.3 Å². The van der Waals surface area contributed by atoms with E-state index in [1.807, 2.05) is 0 Å². The minimum atomic E-state index is -4.96. The fourth-order valence-electron chi connectivity index (χ4n) is 10.6. The second-order valence-corrected chi connectivity index (χ2v) is 29.5. The van der Waals surface area contributed by atoms with E-state index in [-0.39, 0.29) is 25.7 Å². The zero-order valence-electron chi connectivity index (χ0n) is 59.3. The molecule has 0 fully saturated rings. The number of hydrogen-bond donors (Lipinski definition) is 3. The molecule has 0 aromatic carbocycles. The predicted octanol–water partition coefficient (Wildman–Crippen LogP) is 20.7. The maximum atomic E-state index is 13.0. The molecule has 92 heavy (non-hydrogen) atoms. The van der Waals surface area contributed by atoms with Gasteiger partial charge in [-0.25, -0.2) is 9.13 Å². The lowest BCUT2D eigenvalue weighted by Gasteiger charge is -2.21. The Morgan fingerprint density at radius 1 is 0.337 bits per heavy atom. The minimum absolute atomic E-state index is 0.101. The van der Waals surface area contributed by atoms with E-state index in [0.29, 0.717) is 31.6 Å². The Balaban J connectivity index is 5.25. The first kappa shape index (κ1) is 89.5. The summed E-state index contributed by atoms with van der Waals surface area (Å²) in [4.78, 5) is 72.6. The molecule has 0 aliphatic rings. The number of unbranched alkanes of at least 4 members (excludes halogenated alkanes) is 37. The molecule has 17 nitrogen and oxygen atoms in total. The van der Waals surface area contributed by atoms with Crippen LogP contribution >= 0.6 is 15.6 Å². The van der Waals surface area contributed by atoms with Gasteiger partial charge in [-0.1, -0.05) is 297 Å². The maximum absolute atomic E-state index is 13.0. The molecule has 19 heteroatoms. The van der Waals surface area contributed by atoms with Gasteiger partial charge in [-0.3, -0.25) is 37.3 Å². The first-order valence-corrected chi connectivity index (χ1v) is 40.3. The number of aliphatic hydroxyl groups is 1. The van der Waals surface area contributed by atoms with Gasteiger partial charge in [0.25, 0.3) is 0 Å². The van der Waals surface area contributed by atoms with Crippen LogP contribution < -0.4 is 0 Å². The van der Waals surface area contributed by atoms with Crippen molar-refractivity contribution in [2.75, 3.05) is 39.6 Å². The lowest BCUT2D eigenvalue weighted by molar-refractivity contribution is -0.161. The van der Waals surface area contributed by atoms with Crippen LogP contribution in [0.25, 0.3) is 0 Å². The third-order valence-corrected chi connectivity index (χ3v) is 18.2. The van der Waals surface area contributed by atoms with E-state index in [9.17, 15) is 43.2 Å². The van der Waals surface area contributed by atoms with E-state index in [1.54, 1.807) is 0 Å². The van der Waals surface area contributed by atoms with Crippen LogP contribution in [0.15, 0.2) is 24.3 Å². The van der Waals surface area contributed by atoms with E-state index in [2.05, 4.69) is 65.8 Å². The number of phosphoric ester groups is 2. The van der Waals surface area contributed by atoms with Crippen LogP contribution in [0.2, 0.25) is 0 Å². The summed E-state index contributed by atoms with van der Waals surface area (Å²) in [5.41, 5.74) is 0. The number of allylic oxidation sites excluding steroid dienone is 4. The van der Waals surface area contributed by atoms with Crippen LogP contribution in [0.4, 0.5) is 0 Å². The van der Waals surface area contributed by atoms with Gasteiger partial charge in [0.15, 0.2) is 12.2 Å². The molecular weight excluding hydrogens is 1210 g/mol. The lowest BCUT2D eigenvalue weighted by atomic mass is 10.0. The molecule has 0 aliphatic heterocycles. The largest absolute Gasteiger partial charge is 0.472 e. The summed E-state index contributed by atoms with van der Waals surface area (Å²) in [5.74, 6) is -0.674. The quantitative estimate of drug-likeness (QED) is 0.0169. The van der Waals surface area contributed by atoms with E-state index >= 15 is 0 Å². The highest BCUT2D eigenvalue weighted by molar-refractivity contribution is 7.47. The molecule has 5 atom stereocenters. The topological polar surface area (TPSA) is 237 Å². The van der Waals surface area contributed by atoms with Gasteiger partial charge in [0, 0.05) is 25.7 Å². The van der Waals surface area contributed by atoms with Crippen LogP contribution in [-0.2, 0) is 65.4 Å². The molecule has 0 bridgehead atoms. The van der Waals surface area contributed by atoms with Crippen molar-refractivity contribution in [3.05, 3.63) is 24.3 Å². The van der Waals surface area contributed by atoms with Gasteiger partial charge in [-0.15, -0.1) is 0 Å². The van der Waals surface area contributed by atoms with Gasteiger partial charge in [-0.2, -0.15) is 0 Å². The third kappa shape index (κ3) is 66.2. The van der Waals surface area contributed by atoms with Gasteiger partial charge >= 0.3 is 39.5 Å². The summed E-state index contributed by atoms with van der Waals surface area (Å²) in [5, 5.41) is 10.6. The maximum Gasteiger partial charge on any atom is 0.472 e. The van der Waals surface area contributed by atoms with Crippen LogP contribution in [0, 0.1) is 11.8 Å². The van der Waals surface area contributed by atoms with E-state index in [1.165, 1.54) is 141 Å². The van der Waals surface area contributed by atoms with Gasteiger partial charge in [0.05, 0.1) is 26.4 Å². The number of carbonyl (C=O) groups excluding carboxylic acids is 4. The molecule has 0 heterocycles. The Hall–Kier alpha value is -2.46. The fourth-order valence-corrected chi connectivity index (χ4v) is 12.2. The van der Waals surface area contributed by atoms with Gasteiger partial charge in [0.2, 0.25) is 0 Å². The molecule has 0 rings (SSSR count). The van der Waals surface area contributed by atoms with Crippen molar-refractivity contribution in [2.45, 2.75) is 368 Å². The minimum Gasteiger partial charge on any atom is -0.462 e. The molecule has 0 saturated carbocycles. The Kier molecular flexibility index (Phi) is 62.8. The molecule has 0 spiro atoms. The molecule has 0 aliphatic carbocycles. The molecule has 0 amide bonds. The summed E-state index contributed by atoms with van der Waals surface area (Å²) in [7, 11) is -9.91. The van der Waals surface area contributed by atoms with E-state index < -0.39 is 97.5 Å². The summed E-state index contributed by atoms with van der Waals surface area (Å²) in [6.07, 6.45) is 53.7. The third-order valence-electron chi connectivity index (χ3n) is 16.3. The Bertz CT molecular complexity index is 1880. The van der Waals surface area contributed by atoms with Crippen LogP contribution in [0.5, 0.6) is 0 Å². The second kappa shape index (κ2) is 64.5. The summed E-state index contributed by atoms with van der Waals surface area (Å²) >= 11 is 0. The van der Waals surface area contributed by atoms with Crippen molar-refractivity contribution in [3.8, 4) is 0 Å². The lowest BCUT2D eigenvalue weighted by Crippen LogP contribution is -2.30. The number of ether oxygens (including phenoxy) is 4. The average molecular weight is 1350 g/mol. The van der Waals surface area contributed by atoms with Gasteiger partial charge < -0.3 is 33.8 Å². The molecule has 0 aromatic rings. The first-order valence-electron chi connectivity index (χ1n) is 37.3. The van der Waals surface area contributed by atoms with Gasteiger partial charge in [-0.05, 0) is 63.2 Å². The van der Waals surface area contributed by atoms with Crippen LogP contribution in [-0.4, -0.2) is 96.7 Å². The van der Waals surface area contributed by atoms with Crippen LogP contribution in [0.1, 0.15) is 350 Å². The summed E-state index contributed by atoms with van der Waals surface area (Å²) < 4.78 is 68.3. The molecule has 0 saturated heterocycles. The average Bonchev–Trinajstić information content (AvgIpc) is 1.92. The zero-order chi connectivity index (χ0) is 67.9. The highest BCUT2D eigenvalue weighted by atomic mass is 31.2. The van der Waals surface area contributed by atoms with Crippen molar-refractivity contribution in [1.82, 2.24) is 0 Å². The van der Waals surface area contributed by atoms with Crippen molar-refractivity contribution in [3.63, 3.8) is 0 Å². The normalized spacial score (nSPS) is 14.2. The highest BCUT2D eigenvalue weighted by Crippen LogP contribution is 2.45. The Labute approximate surface area is 561 Å². The van der Waals surface area contributed by atoms with Crippen molar-refractivity contribution in [1.29, 1.82) is 0 Å². The fraction of sp³-hybridized carbons (Fsp3) is 0.890. The predicted molar refractivity (Wildman–Crippen MR) is 372 cm³/mol. The number of phosphoric acid groups is 2. The number of esters is 4. The summed E-state index contributed by atoms with van der Waals surface area (Å²) in [6.45, 7) is 9.43. The molecule has 542 valence electrons. The molecule has 0 aromatic heterocycles. The number of hydrogen-bond acceptors (Lipinski definition) is 15. The first-order chi connectivity index (χ1) is 44.4. The number of aliphatic hydroxyl groups excluding tert-OH is 1. The van der Waals surface area contributed by atoms with Crippen molar-refractivity contribution in [2.24, 2.45) is 11.8 Å². The Morgan fingerprint density at radius 2 is 0.587 bits per heavy atom. The number of rotatable bonds is 70. The van der Waals surface area contributed by atoms with Crippen molar-refractivity contribution >= 4 is 39.5 Å². The standard InChI is InChI=1S/C73H138O17P2/c1-7-9-11-13-15-17-19-20-22-26-29-33-36-43-49-55-70(75)83-61-68(89-73(78)58-52-46-38-34-30-27-24-21-23-25-28-31-35-41-47-53-65(3)4)63-87-91(79,80)85-59-67(74)60-86-92(81,82)88-64-69(62-84-71(76)56-50-44-40-39-42-48-54-66(5)6)90-72(77)57-51-45-37-32-18-16-14-12-10-8-2/h17,19-20,22,65-69,74H,7-16,18,21,23-64H2,1-6H3,(H,79,80)(H,81,82)/b19-17-,22-20-/t67-,68-,69-/m1/s1. The molecule has 3 N–H and O–H groups in total. The Morgan fingerprint density at radius 3 is 0.891 bits per heavy atom. The SMILES string of the molecule is CCCCCC/C=C\C=C/CCCCCCCC(=O)OC[C@H](COP(=O)(O)OC[C@@H](O)COP(=O)(O)OC[C@@H](COC(=O)CCCCCCCCC(C)C)OC(=O)CCCCCCCCCCCC)OC(=O)CCCCCCCCCCCCCCCCCC(C)C. The van der Waals surface area contributed by atoms with E-state index in [0.717, 1.165) is 121 Å². The van der Waals surface area contributed by atoms with Crippen LogP contribution in [0.3, 0.4) is 0 Å². The summed E-state index contributed by atoms with van der Waals surface area (Å²) in [6, 6.07) is 0. The smallest absolute Gasteiger partial charge is 0.462 e. The van der Waals surface area contributed by atoms with Crippen molar-refractivity contribution < 1.29 is 80.2 Å². The molecule has 0 radical (unpaired) electrons. The monoisotopic (exact) mass is 1350 g/mol. The zero-order valence-corrected chi connectivity index (χ0v) is 61.1. The molecular formula is C73H138O17P2. The number of carbonyl (C=O) groups is 4. The highest BCUT2D eigenvalue weighted by Gasteiger charge is 2.30. The molecule has 2 unspecified atom stereocenters. The second-order valence-electron chi connectivity index (χ2n) is 26.6.